The van der Waals surface area contributed by atoms with E-state index >= 15 is 0 Å². The second-order valence-corrected chi connectivity index (χ2v) is 6.49. The monoisotopic (exact) mass is 374 g/mol. The number of aromatic nitrogens is 3. The summed E-state index contributed by atoms with van der Waals surface area (Å²) in [6.07, 6.45) is 7.37. The minimum absolute atomic E-state index is 0.226. The molecular weight excluding hydrogens is 355 g/mol. The zero-order valence-electron chi connectivity index (χ0n) is 15.3. The van der Waals surface area contributed by atoms with Crippen molar-refractivity contribution >= 4 is 5.91 Å². The van der Waals surface area contributed by atoms with Gasteiger partial charge in [-0.1, -0.05) is 12.1 Å². The van der Waals surface area contributed by atoms with Crippen LogP contribution in [0.2, 0.25) is 0 Å². The lowest BCUT2D eigenvalue weighted by Gasteiger charge is -2.19. The summed E-state index contributed by atoms with van der Waals surface area (Å²) in [4.78, 5) is 17.2. The van der Waals surface area contributed by atoms with Crippen LogP contribution in [0.4, 0.5) is 4.39 Å². The molecule has 2 aromatic carbocycles. The Morgan fingerprint density at radius 1 is 1.00 bits per heavy atom. The van der Waals surface area contributed by atoms with Crippen LogP contribution in [0.3, 0.4) is 0 Å². The fourth-order valence-electron chi connectivity index (χ4n) is 3.11. The van der Waals surface area contributed by atoms with Crippen LogP contribution < -0.4 is 5.32 Å². The van der Waals surface area contributed by atoms with Gasteiger partial charge in [0.05, 0.1) is 0 Å². The molecule has 4 rings (SSSR count). The summed E-state index contributed by atoms with van der Waals surface area (Å²) in [5, 5.41) is 3.02. The first kappa shape index (κ1) is 17.7. The van der Waals surface area contributed by atoms with Gasteiger partial charge < -0.3 is 14.5 Å². The van der Waals surface area contributed by atoms with Crippen molar-refractivity contribution in [2.75, 3.05) is 0 Å². The molecule has 0 radical (unpaired) electrons. The van der Waals surface area contributed by atoms with Crippen molar-refractivity contribution in [2.24, 2.45) is 7.05 Å². The summed E-state index contributed by atoms with van der Waals surface area (Å²) >= 11 is 0. The van der Waals surface area contributed by atoms with Crippen molar-refractivity contribution in [3.05, 3.63) is 108 Å². The zero-order chi connectivity index (χ0) is 19.5. The van der Waals surface area contributed by atoms with Gasteiger partial charge in [0.25, 0.3) is 5.91 Å². The topological polar surface area (TPSA) is 51.9 Å². The van der Waals surface area contributed by atoms with E-state index in [1.54, 1.807) is 30.5 Å². The molecule has 0 aliphatic rings. The van der Waals surface area contributed by atoms with Gasteiger partial charge in [-0.15, -0.1) is 0 Å². The highest BCUT2D eigenvalue weighted by Crippen LogP contribution is 2.22. The second-order valence-electron chi connectivity index (χ2n) is 6.49. The smallest absolute Gasteiger partial charge is 0.252 e. The Balaban J connectivity index is 1.60. The molecule has 0 spiro atoms. The predicted octanol–water partition coefficient (Wildman–Crippen LogP) is 3.87. The van der Waals surface area contributed by atoms with E-state index in [1.807, 2.05) is 59.0 Å². The maximum Gasteiger partial charge on any atom is 0.252 e. The molecule has 140 valence electrons. The molecule has 1 atom stereocenters. The van der Waals surface area contributed by atoms with Crippen LogP contribution in [-0.2, 0) is 7.05 Å². The number of halogens is 1. The average Bonchev–Trinajstić information content (AvgIpc) is 3.39. The summed E-state index contributed by atoms with van der Waals surface area (Å²) in [6, 6.07) is 16.8. The molecule has 2 aromatic heterocycles. The molecule has 2 heterocycles. The average molecular weight is 374 g/mol. The molecule has 28 heavy (non-hydrogen) atoms. The third kappa shape index (κ3) is 3.57. The highest BCUT2D eigenvalue weighted by molar-refractivity contribution is 5.94. The molecule has 1 amide bonds. The van der Waals surface area contributed by atoms with Gasteiger partial charge in [0, 0.05) is 43.1 Å². The first-order chi connectivity index (χ1) is 13.6. The molecule has 0 aliphatic heterocycles. The van der Waals surface area contributed by atoms with Gasteiger partial charge in [0.2, 0.25) is 0 Å². The number of benzene rings is 2. The van der Waals surface area contributed by atoms with Crippen LogP contribution in [0.1, 0.15) is 27.8 Å². The summed E-state index contributed by atoms with van der Waals surface area (Å²) in [5.74, 6) is 0.120. The van der Waals surface area contributed by atoms with E-state index in [9.17, 15) is 9.18 Å². The molecule has 4 aromatic rings. The first-order valence-electron chi connectivity index (χ1n) is 8.89. The number of hydrogen-bond acceptors (Lipinski definition) is 2. The van der Waals surface area contributed by atoms with Gasteiger partial charge >= 0.3 is 0 Å². The van der Waals surface area contributed by atoms with Crippen molar-refractivity contribution in [2.45, 2.75) is 6.04 Å². The van der Waals surface area contributed by atoms with E-state index < -0.39 is 6.04 Å². The number of hydrogen-bond donors (Lipinski definition) is 1. The molecular formula is C22H19FN4O. The van der Waals surface area contributed by atoms with E-state index in [4.69, 9.17) is 0 Å². The fraction of sp³-hybridized carbons (Fsp3) is 0.0909. The predicted molar refractivity (Wildman–Crippen MR) is 105 cm³/mol. The number of imidazole rings is 1. The summed E-state index contributed by atoms with van der Waals surface area (Å²) in [7, 11) is 1.86. The largest absolute Gasteiger partial charge is 0.338 e. The Kier molecular flexibility index (Phi) is 4.76. The van der Waals surface area contributed by atoms with Gasteiger partial charge in [-0.05, 0) is 54.1 Å². The normalized spacial score (nSPS) is 11.9. The lowest BCUT2D eigenvalue weighted by atomic mass is 10.0. The van der Waals surface area contributed by atoms with Crippen molar-refractivity contribution in [3.63, 3.8) is 0 Å². The lowest BCUT2D eigenvalue weighted by molar-refractivity contribution is 0.0941. The number of amides is 1. The standard InChI is InChI=1S/C22H19FN4O/c1-26-15-12-24-21(26)20(16-4-8-18(23)9-5-16)25-22(28)17-6-10-19(11-7-17)27-13-2-3-14-27/h2-15,20H,1H3,(H,25,28). The third-order valence-electron chi connectivity index (χ3n) is 4.63. The van der Waals surface area contributed by atoms with Crippen molar-refractivity contribution in [3.8, 4) is 5.69 Å². The van der Waals surface area contributed by atoms with Gasteiger partial charge in [0.1, 0.15) is 17.7 Å². The number of carbonyl (C=O) groups excluding carboxylic acids is 1. The first-order valence-corrected chi connectivity index (χ1v) is 8.89. The van der Waals surface area contributed by atoms with Gasteiger partial charge in [-0.2, -0.15) is 0 Å². The summed E-state index contributed by atoms with van der Waals surface area (Å²) in [6.45, 7) is 0. The molecule has 0 bridgehead atoms. The number of carbonyl (C=O) groups is 1. The minimum Gasteiger partial charge on any atom is -0.338 e. The van der Waals surface area contributed by atoms with E-state index in [-0.39, 0.29) is 11.7 Å². The van der Waals surface area contributed by atoms with Crippen LogP contribution in [0, 0.1) is 5.82 Å². The second kappa shape index (κ2) is 7.52. The van der Waals surface area contributed by atoms with E-state index in [0.29, 0.717) is 11.4 Å². The quantitative estimate of drug-likeness (QED) is 0.577. The van der Waals surface area contributed by atoms with Gasteiger partial charge in [-0.3, -0.25) is 4.79 Å². The van der Waals surface area contributed by atoms with E-state index in [1.165, 1.54) is 12.1 Å². The van der Waals surface area contributed by atoms with Crippen LogP contribution in [0.5, 0.6) is 0 Å². The van der Waals surface area contributed by atoms with Crippen LogP contribution in [0.15, 0.2) is 85.5 Å². The highest BCUT2D eigenvalue weighted by Gasteiger charge is 2.21. The number of aryl methyl sites for hydroxylation is 1. The highest BCUT2D eigenvalue weighted by atomic mass is 19.1. The fourth-order valence-corrected chi connectivity index (χ4v) is 3.11. The Hall–Kier alpha value is -3.67. The van der Waals surface area contributed by atoms with Gasteiger partial charge in [0.15, 0.2) is 0 Å². The van der Waals surface area contributed by atoms with Crippen LogP contribution in [0.25, 0.3) is 5.69 Å². The van der Waals surface area contributed by atoms with Crippen LogP contribution >= 0.6 is 0 Å². The molecule has 1 unspecified atom stereocenters. The SMILES string of the molecule is Cn1ccnc1C(NC(=O)c1ccc(-n2cccc2)cc1)c1ccc(F)cc1. The maximum atomic E-state index is 13.3. The molecule has 5 nitrogen and oxygen atoms in total. The lowest BCUT2D eigenvalue weighted by Crippen LogP contribution is -2.31. The molecule has 0 aliphatic carbocycles. The third-order valence-corrected chi connectivity index (χ3v) is 4.63. The Labute approximate surface area is 162 Å². The molecule has 0 fully saturated rings. The molecule has 0 saturated heterocycles. The van der Waals surface area contributed by atoms with Crippen LogP contribution in [-0.4, -0.2) is 20.0 Å². The number of rotatable bonds is 5. The van der Waals surface area contributed by atoms with E-state index in [0.717, 1.165) is 11.3 Å². The Morgan fingerprint density at radius 3 is 2.29 bits per heavy atom. The van der Waals surface area contributed by atoms with Crippen molar-refractivity contribution in [1.29, 1.82) is 0 Å². The van der Waals surface area contributed by atoms with E-state index in [2.05, 4.69) is 10.3 Å². The number of nitrogens with one attached hydrogen (secondary N) is 1. The summed E-state index contributed by atoms with van der Waals surface area (Å²) < 4.78 is 17.1. The number of nitrogens with zero attached hydrogens (tertiary/aromatic N) is 3. The van der Waals surface area contributed by atoms with Crippen molar-refractivity contribution in [1.82, 2.24) is 19.4 Å². The minimum atomic E-state index is -0.489. The Bertz CT molecular complexity index is 1070. The molecule has 6 heteroatoms. The molecule has 1 N–H and O–H groups in total. The zero-order valence-corrected chi connectivity index (χ0v) is 15.3. The summed E-state index contributed by atoms with van der Waals surface area (Å²) in [5.41, 5.74) is 2.27. The van der Waals surface area contributed by atoms with Gasteiger partial charge in [-0.25, -0.2) is 9.37 Å². The Morgan fingerprint density at radius 2 is 1.68 bits per heavy atom. The van der Waals surface area contributed by atoms with Crippen molar-refractivity contribution < 1.29 is 9.18 Å². The maximum absolute atomic E-state index is 13.3. The molecule has 0 saturated carbocycles.